The van der Waals surface area contributed by atoms with Crippen LogP contribution in [0.4, 0.5) is 0 Å². The fraction of sp³-hybridized carbons (Fsp3) is 0.471. The third kappa shape index (κ3) is 8.97. The lowest BCUT2D eigenvalue weighted by Gasteiger charge is -2.23. The van der Waals surface area contributed by atoms with Crippen molar-refractivity contribution in [2.75, 3.05) is 0 Å². The number of benzene rings is 1. The molecule has 0 saturated heterocycles. The average Bonchev–Trinajstić information content (AvgIpc) is 2.51. The quantitative estimate of drug-likeness (QED) is 0.208. The zero-order chi connectivity index (χ0) is 18.0. The van der Waals surface area contributed by atoms with E-state index in [1.165, 1.54) is 25.3 Å². The van der Waals surface area contributed by atoms with E-state index in [9.17, 15) is 4.79 Å². The first kappa shape index (κ1) is 21.4. The van der Waals surface area contributed by atoms with Crippen molar-refractivity contribution in [3.8, 4) is 5.75 Å². The third-order valence-corrected chi connectivity index (χ3v) is 6.84. The van der Waals surface area contributed by atoms with Crippen molar-refractivity contribution in [1.82, 2.24) is 0 Å². The minimum Gasteiger partial charge on any atom is -0.490 e. The van der Waals surface area contributed by atoms with E-state index in [1.807, 2.05) is 0 Å². The molecule has 24 heavy (non-hydrogen) atoms. The zero-order valence-electron chi connectivity index (χ0n) is 13.7. The van der Waals surface area contributed by atoms with Gasteiger partial charge in [0, 0.05) is 6.08 Å². The molecule has 0 spiro atoms. The molecule has 0 fully saturated rings. The molecule has 134 valence electrons. The van der Waals surface area contributed by atoms with Gasteiger partial charge in [0.1, 0.15) is 11.5 Å². The van der Waals surface area contributed by atoms with E-state index in [2.05, 4.69) is 6.92 Å². The molecule has 0 aromatic heterocycles. The summed E-state index contributed by atoms with van der Waals surface area (Å²) < 4.78 is 5.89. The first-order valence-corrected chi connectivity index (χ1v) is 13.2. The van der Waals surface area contributed by atoms with Crippen LogP contribution in [0.15, 0.2) is 30.3 Å². The van der Waals surface area contributed by atoms with Crippen LogP contribution in [-0.4, -0.2) is 22.8 Å². The van der Waals surface area contributed by atoms with Crippen LogP contribution >= 0.6 is 33.2 Å². The minimum absolute atomic E-state index is 0.385. The van der Waals surface area contributed by atoms with Gasteiger partial charge >= 0.3 is 12.0 Å². The highest BCUT2D eigenvalue weighted by molar-refractivity contribution is 7.65. The number of halogens is 3. The highest BCUT2D eigenvalue weighted by Crippen LogP contribution is 2.31. The van der Waals surface area contributed by atoms with Crippen molar-refractivity contribution < 1.29 is 14.6 Å². The van der Waals surface area contributed by atoms with Crippen molar-refractivity contribution >= 4 is 51.3 Å². The zero-order valence-corrected chi connectivity index (χ0v) is 16.9. The lowest BCUT2D eigenvalue weighted by atomic mass is 10.1. The summed E-state index contributed by atoms with van der Waals surface area (Å²) >= 11 is 18.5. The van der Waals surface area contributed by atoms with Gasteiger partial charge in [0.25, 0.3) is 0 Å². The molecule has 7 heteroatoms. The van der Waals surface area contributed by atoms with Gasteiger partial charge in [0.15, 0.2) is 0 Å². The maximum Gasteiger partial charge on any atom is 0.381 e. The van der Waals surface area contributed by atoms with Crippen molar-refractivity contribution in [2.45, 2.75) is 51.2 Å². The molecule has 3 nitrogen and oxygen atoms in total. The summed E-state index contributed by atoms with van der Waals surface area (Å²) in [5.41, 5.74) is 0.386. The second kappa shape index (κ2) is 11.0. The Morgan fingerprint density at radius 2 is 1.79 bits per heavy atom. The Morgan fingerprint density at radius 1 is 1.17 bits per heavy atom. The first-order chi connectivity index (χ1) is 11.3. The Bertz CT molecular complexity index is 527. The summed E-state index contributed by atoms with van der Waals surface area (Å²) in [6.45, 7) is 2.18. The van der Waals surface area contributed by atoms with Crippen LogP contribution in [0.5, 0.6) is 5.75 Å². The van der Waals surface area contributed by atoms with E-state index in [4.69, 9.17) is 43.1 Å². The average molecular weight is 410 g/mol. The Labute approximate surface area is 158 Å². The predicted molar refractivity (Wildman–Crippen MR) is 104 cm³/mol. The van der Waals surface area contributed by atoms with Crippen LogP contribution in [0.3, 0.4) is 0 Å². The van der Waals surface area contributed by atoms with Crippen LogP contribution in [-0.2, 0) is 4.79 Å². The molecule has 1 N–H and O–H groups in total. The number of carboxylic acid groups (broad SMARTS) is 1. The molecule has 1 aromatic rings. The van der Waals surface area contributed by atoms with E-state index in [0.29, 0.717) is 5.75 Å². The number of hydrogen-bond acceptors (Lipinski definition) is 2. The highest BCUT2D eigenvalue weighted by atomic mass is 35.8. The van der Waals surface area contributed by atoms with E-state index >= 15 is 0 Å². The van der Waals surface area contributed by atoms with Gasteiger partial charge < -0.3 is 9.84 Å². The molecule has 1 unspecified atom stereocenters. The lowest BCUT2D eigenvalue weighted by molar-refractivity contribution is -0.131. The van der Waals surface area contributed by atoms with Gasteiger partial charge in [-0.25, -0.2) is 4.79 Å². The maximum atomic E-state index is 10.5. The largest absolute Gasteiger partial charge is 0.490 e. The van der Waals surface area contributed by atoms with Crippen LogP contribution in [0.25, 0.3) is 6.08 Å². The maximum absolute atomic E-state index is 10.5. The smallest absolute Gasteiger partial charge is 0.381 e. The molecule has 0 aliphatic rings. The first-order valence-electron chi connectivity index (χ1n) is 8.07. The van der Waals surface area contributed by atoms with Gasteiger partial charge in [-0.15, -0.1) is 33.2 Å². The molecule has 0 bridgehead atoms. The molecule has 1 atom stereocenters. The topological polar surface area (TPSA) is 46.5 Å². The van der Waals surface area contributed by atoms with E-state index in [-0.39, 0.29) is 5.73 Å². The second-order valence-corrected chi connectivity index (χ2v) is 14.4. The fourth-order valence-corrected chi connectivity index (χ4v) is 4.40. The van der Waals surface area contributed by atoms with Gasteiger partial charge in [0.2, 0.25) is 0 Å². The molecule has 1 aromatic carbocycles. The van der Waals surface area contributed by atoms with Gasteiger partial charge in [-0.1, -0.05) is 44.7 Å². The Morgan fingerprint density at radius 3 is 2.33 bits per heavy atom. The molecule has 0 heterocycles. The van der Waals surface area contributed by atoms with Gasteiger partial charge in [-0.3, -0.25) is 0 Å². The van der Waals surface area contributed by atoms with Crippen molar-refractivity contribution in [3.05, 3.63) is 35.9 Å². The van der Waals surface area contributed by atoms with E-state index in [0.717, 1.165) is 30.9 Å². The summed E-state index contributed by atoms with van der Waals surface area (Å²) in [4.78, 5) is 10.5. The number of carbonyl (C=O) groups is 1. The Balaban J connectivity index is 2.61. The normalized spacial score (nSPS) is 13.2. The standard InChI is InChI=1S/C17H23Cl3O3Si/c1-2-3-4-5-6-7-17(24(18,19)20)23-15-11-8-14(9-12-15)10-13-16(21)22/h8-13,17H,2-7H2,1H3,(H,21,22)/b13-10+. The molecule has 0 amide bonds. The number of rotatable bonds is 11. The number of ether oxygens (including phenoxy) is 1. The number of aliphatic carboxylic acids is 1. The Kier molecular flexibility index (Phi) is 9.82. The number of unbranched alkanes of at least 4 members (excludes halogenated alkanes) is 4. The number of carboxylic acids is 1. The molecule has 1 rings (SSSR count). The SMILES string of the molecule is CCCCCCCC(Oc1ccc(/C=C/C(=O)O)cc1)[Si](Cl)(Cl)Cl. The van der Waals surface area contributed by atoms with Crippen molar-refractivity contribution in [2.24, 2.45) is 0 Å². The number of hydrogen-bond donors (Lipinski definition) is 1. The van der Waals surface area contributed by atoms with Crippen LogP contribution < -0.4 is 4.74 Å². The fourth-order valence-electron chi connectivity index (χ4n) is 2.21. The van der Waals surface area contributed by atoms with Crippen LogP contribution in [0, 0.1) is 0 Å². The summed E-state index contributed by atoms with van der Waals surface area (Å²) in [6.07, 6.45) is 9.03. The van der Waals surface area contributed by atoms with Crippen LogP contribution in [0.1, 0.15) is 51.0 Å². The van der Waals surface area contributed by atoms with Gasteiger partial charge in [-0.05, 0) is 36.6 Å². The van der Waals surface area contributed by atoms with Gasteiger partial charge in [-0.2, -0.15) is 0 Å². The molecule has 0 aliphatic carbocycles. The second-order valence-electron chi connectivity index (χ2n) is 5.59. The van der Waals surface area contributed by atoms with E-state index in [1.54, 1.807) is 24.3 Å². The minimum atomic E-state index is -2.98. The monoisotopic (exact) mass is 408 g/mol. The van der Waals surface area contributed by atoms with Gasteiger partial charge in [0.05, 0.1) is 0 Å². The Hall–Kier alpha value is -0.683. The molecular weight excluding hydrogens is 387 g/mol. The molecule has 0 radical (unpaired) electrons. The third-order valence-electron chi connectivity index (χ3n) is 3.51. The molecule has 0 aliphatic heterocycles. The lowest BCUT2D eigenvalue weighted by Crippen LogP contribution is -2.36. The van der Waals surface area contributed by atoms with Crippen molar-refractivity contribution in [3.63, 3.8) is 0 Å². The molecular formula is C17H23Cl3O3Si. The van der Waals surface area contributed by atoms with Crippen LogP contribution in [0.2, 0.25) is 0 Å². The summed E-state index contributed by atoms with van der Waals surface area (Å²) in [6, 6.07) is 4.08. The summed E-state index contributed by atoms with van der Waals surface area (Å²) in [7, 11) is 0. The highest BCUT2D eigenvalue weighted by Gasteiger charge is 2.38. The summed E-state index contributed by atoms with van der Waals surface area (Å²) in [5.74, 6) is -0.361. The van der Waals surface area contributed by atoms with Crippen molar-refractivity contribution in [1.29, 1.82) is 0 Å². The molecule has 0 saturated carbocycles. The van der Waals surface area contributed by atoms with E-state index < -0.39 is 12.0 Å². The predicted octanol–water partition coefficient (Wildman–Crippen LogP) is 6.09. The summed E-state index contributed by atoms with van der Waals surface area (Å²) in [5, 5.41) is 8.62.